The van der Waals surface area contributed by atoms with Crippen molar-refractivity contribution >= 4 is 0 Å². The van der Waals surface area contributed by atoms with Gasteiger partial charge in [0, 0.05) is 0 Å². The number of rotatable bonds is 2. The molecular weight excluding hydrogens is 140 g/mol. The average molecular weight is 155 g/mol. The minimum atomic E-state index is 0.948. The third-order valence-electron chi connectivity index (χ3n) is 1.71. The van der Waals surface area contributed by atoms with Crippen molar-refractivity contribution < 1.29 is 9.42 Å². The van der Waals surface area contributed by atoms with Crippen molar-refractivity contribution in [2.75, 3.05) is 14.1 Å². The molecule has 1 N–H and O–H groups in total. The van der Waals surface area contributed by atoms with E-state index in [0.29, 0.717) is 0 Å². The molecule has 0 saturated carbocycles. The zero-order valence-electron chi connectivity index (χ0n) is 7.56. The van der Waals surface area contributed by atoms with Crippen LogP contribution in [0.4, 0.5) is 0 Å². The number of hydrogen-bond acceptors (Lipinski definition) is 2. The van der Waals surface area contributed by atoms with Gasteiger partial charge >= 0.3 is 0 Å². The predicted octanol–water partition coefficient (Wildman–Crippen LogP) is -0.0641. The lowest BCUT2D eigenvalue weighted by molar-refractivity contribution is -0.872. The van der Waals surface area contributed by atoms with Crippen molar-refractivity contribution in [3.8, 4) is 0 Å². The van der Waals surface area contributed by atoms with Crippen LogP contribution in [0.5, 0.6) is 0 Å². The van der Waals surface area contributed by atoms with Crippen LogP contribution in [0.25, 0.3) is 0 Å². The van der Waals surface area contributed by atoms with Gasteiger partial charge in [-0.05, 0) is 13.8 Å². The van der Waals surface area contributed by atoms with Crippen LogP contribution >= 0.6 is 0 Å². The van der Waals surface area contributed by atoms with E-state index in [4.69, 9.17) is 4.52 Å². The molecule has 0 bridgehead atoms. The summed E-state index contributed by atoms with van der Waals surface area (Å²) in [4.78, 5) is 1.39. The van der Waals surface area contributed by atoms with E-state index >= 15 is 0 Å². The molecule has 3 nitrogen and oxygen atoms in total. The van der Waals surface area contributed by atoms with Crippen molar-refractivity contribution in [3.63, 3.8) is 0 Å². The lowest BCUT2D eigenvalue weighted by Gasteiger charge is -2.05. The summed E-state index contributed by atoms with van der Waals surface area (Å²) in [6.07, 6.45) is 0. The zero-order chi connectivity index (χ0) is 8.43. The van der Waals surface area contributed by atoms with Gasteiger partial charge in [0.05, 0.1) is 25.4 Å². The van der Waals surface area contributed by atoms with E-state index in [1.807, 2.05) is 13.8 Å². The second kappa shape index (κ2) is 3.05. The van der Waals surface area contributed by atoms with Gasteiger partial charge in [0.15, 0.2) is 0 Å². The van der Waals surface area contributed by atoms with Gasteiger partial charge in [-0.3, -0.25) is 0 Å². The number of aromatic nitrogens is 1. The maximum atomic E-state index is 5.03. The fourth-order valence-corrected chi connectivity index (χ4v) is 1.11. The zero-order valence-corrected chi connectivity index (χ0v) is 7.56. The van der Waals surface area contributed by atoms with Crippen LogP contribution in [-0.4, -0.2) is 19.3 Å². The molecule has 0 saturated heterocycles. The molecule has 0 aliphatic carbocycles. The van der Waals surface area contributed by atoms with Gasteiger partial charge in [-0.15, -0.1) is 0 Å². The Morgan fingerprint density at radius 2 is 2.00 bits per heavy atom. The summed E-state index contributed by atoms with van der Waals surface area (Å²) >= 11 is 0. The van der Waals surface area contributed by atoms with Gasteiger partial charge in [-0.2, -0.15) is 0 Å². The lowest BCUT2D eigenvalue weighted by atomic mass is 10.2. The highest BCUT2D eigenvalue weighted by molar-refractivity contribution is 5.19. The molecule has 1 rings (SSSR count). The second-order valence-electron chi connectivity index (χ2n) is 3.19. The first-order chi connectivity index (χ1) is 5.11. The van der Waals surface area contributed by atoms with E-state index in [1.54, 1.807) is 0 Å². The Morgan fingerprint density at radius 1 is 1.36 bits per heavy atom. The minimum absolute atomic E-state index is 0.948. The van der Waals surface area contributed by atoms with E-state index in [9.17, 15) is 0 Å². The topological polar surface area (TPSA) is 30.5 Å². The van der Waals surface area contributed by atoms with Crippen molar-refractivity contribution in [2.24, 2.45) is 0 Å². The highest BCUT2D eigenvalue weighted by atomic mass is 16.5. The van der Waals surface area contributed by atoms with E-state index in [1.165, 1.54) is 10.5 Å². The molecule has 62 valence electrons. The third kappa shape index (κ3) is 1.80. The largest absolute Gasteiger partial charge is 0.361 e. The third-order valence-corrected chi connectivity index (χ3v) is 1.71. The first-order valence-corrected chi connectivity index (χ1v) is 3.82. The predicted molar refractivity (Wildman–Crippen MR) is 42.5 cm³/mol. The Balaban J connectivity index is 2.83. The highest BCUT2D eigenvalue weighted by Crippen LogP contribution is 2.09. The van der Waals surface area contributed by atoms with Gasteiger partial charge in [0.1, 0.15) is 12.3 Å². The first kappa shape index (κ1) is 8.27. The summed E-state index contributed by atoms with van der Waals surface area (Å²) in [6, 6.07) is 0. The van der Waals surface area contributed by atoms with Gasteiger partial charge in [0.2, 0.25) is 0 Å². The maximum absolute atomic E-state index is 5.03. The molecule has 0 fully saturated rings. The van der Waals surface area contributed by atoms with Crippen LogP contribution in [0.15, 0.2) is 4.52 Å². The quantitative estimate of drug-likeness (QED) is 0.648. The van der Waals surface area contributed by atoms with Crippen molar-refractivity contribution in [2.45, 2.75) is 20.4 Å². The molecule has 1 heterocycles. The normalized spacial score (nSPS) is 11.0. The number of nitrogens with one attached hydrogen (secondary N) is 1. The lowest BCUT2D eigenvalue weighted by Crippen LogP contribution is -3.04. The molecule has 1 aromatic rings. The Kier molecular flexibility index (Phi) is 2.29. The van der Waals surface area contributed by atoms with Crippen LogP contribution < -0.4 is 4.90 Å². The van der Waals surface area contributed by atoms with Crippen LogP contribution in [0, 0.1) is 13.8 Å². The molecule has 3 heteroatoms. The number of aryl methyl sites for hydroxylation is 2. The molecule has 0 unspecified atom stereocenters. The van der Waals surface area contributed by atoms with E-state index in [2.05, 4.69) is 19.3 Å². The Morgan fingerprint density at radius 3 is 2.36 bits per heavy atom. The van der Waals surface area contributed by atoms with Crippen LogP contribution in [0.1, 0.15) is 17.0 Å². The maximum Gasteiger partial charge on any atom is 0.142 e. The second-order valence-corrected chi connectivity index (χ2v) is 3.19. The smallest absolute Gasteiger partial charge is 0.142 e. The summed E-state index contributed by atoms with van der Waals surface area (Å²) in [6.45, 7) is 4.92. The minimum Gasteiger partial charge on any atom is -0.361 e. The highest BCUT2D eigenvalue weighted by Gasteiger charge is 2.10. The van der Waals surface area contributed by atoms with Crippen LogP contribution in [-0.2, 0) is 6.54 Å². The number of hydrogen-bond donors (Lipinski definition) is 1. The van der Waals surface area contributed by atoms with E-state index in [0.717, 1.165) is 18.0 Å². The van der Waals surface area contributed by atoms with Gasteiger partial charge in [-0.1, -0.05) is 5.16 Å². The van der Waals surface area contributed by atoms with Crippen molar-refractivity contribution in [1.82, 2.24) is 5.16 Å². The van der Waals surface area contributed by atoms with Crippen molar-refractivity contribution in [3.05, 3.63) is 17.0 Å². The van der Waals surface area contributed by atoms with Gasteiger partial charge in [-0.25, -0.2) is 0 Å². The fourth-order valence-electron chi connectivity index (χ4n) is 1.11. The van der Waals surface area contributed by atoms with Gasteiger partial charge in [0.25, 0.3) is 0 Å². The summed E-state index contributed by atoms with van der Waals surface area (Å²) in [5.74, 6) is 0.948. The van der Waals surface area contributed by atoms with E-state index in [-0.39, 0.29) is 0 Å². The fraction of sp³-hybridized carbons (Fsp3) is 0.625. The van der Waals surface area contributed by atoms with Crippen molar-refractivity contribution in [1.29, 1.82) is 0 Å². The molecule has 0 spiro atoms. The Bertz CT molecular complexity index is 221. The molecule has 0 aliphatic heterocycles. The molecule has 1 aromatic heterocycles. The number of nitrogens with zero attached hydrogens (tertiary/aromatic N) is 1. The Labute approximate surface area is 67.0 Å². The van der Waals surface area contributed by atoms with Gasteiger partial charge < -0.3 is 9.42 Å². The molecule has 0 atom stereocenters. The van der Waals surface area contributed by atoms with Crippen LogP contribution in [0.2, 0.25) is 0 Å². The summed E-state index contributed by atoms with van der Waals surface area (Å²) in [7, 11) is 4.23. The summed E-state index contributed by atoms with van der Waals surface area (Å²) in [5.41, 5.74) is 2.26. The molecule has 0 amide bonds. The number of quaternary nitrogens is 1. The first-order valence-electron chi connectivity index (χ1n) is 3.82. The molecule has 11 heavy (non-hydrogen) atoms. The van der Waals surface area contributed by atoms with Crippen LogP contribution in [0.3, 0.4) is 0 Å². The standard InChI is InChI=1S/C8H14N2O/c1-6-8(5-10(3)4)7(2)11-9-6/h5H2,1-4H3/p+1. The summed E-state index contributed by atoms with van der Waals surface area (Å²) in [5, 5.41) is 3.88. The molecule has 0 radical (unpaired) electrons. The Hall–Kier alpha value is -0.830. The molecule has 0 aromatic carbocycles. The molecule has 0 aliphatic rings. The van der Waals surface area contributed by atoms with E-state index < -0.39 is 0 Å². The molecular formula is C8H15N2O+. The average Bonchev–Trinajstić information content (AvgIpc) is 2.18. The summed E-state index contributed by atoms with van der Waals surface area (Å²) < 4.78 is 5.03. The monoisotopic (exact) mass is 155 g/mol. The SMILES string of the molecule is Cc1noc(C)c1C[NH+](C)C.